The van der Waals surface area contributed by atoms with Gasteiger partial charge in [-0.3, -0.25) is 0 Å². The molecule has 1 heteroatoms. The van der Waals surface area contributed by atoms with Crippen LogP contribution < -0.4 is 0 Å². The fourth-order valence-corrected chi connectivity index (χ4v) is 4.47. The van der Waals surface area contributed by atoms with Gasteiger partial charge in [-0.1, -0.05) is 128 Å². The highest BCUT2D eigenvalue weighted by Gasteiger charge is 2.29. The Labute approximate surface area is 192 Å². The molecule has 4 aromatic rings. The maximum Gasteiger partial charge on any atom is 0.115 e. The molecule has 32 heavy (non-hydrogen) atoms. The van der Waals surface area contributed by atoms with Gasteiger partial charge in [0.25, 0.3) is 0 Å². The first-order valence-electron chi connectivity index (χ1n) is 11.6. The van der Waals surface area contributed by atoms with Crippen molar-refractivity contribution in [3.63, 3.8) is 0 Å². The van der Waals surface area contributed by atoms with E-state index < -0.39 is 5.60 Å². The summed E-state index contributed by atoms with van der Waals surface area (Å²) in [5.74, 6) is 0.423. The van der Waals surface area contributed by atoms with Crippen LogP contribution >= 0.6 is 0 Å². The lowest BCUT2D eigenvalue weighted by atomic mass is 9.87. The largest absolute Gasteiger partial charge is 0.366 e. The van der Waals surface area contributed by atoms with Crippen molar-refractivity contribution in [1.29, 1.82) is 0 Å². The molecule has 0 spiro atoms. The molecule has 0 aromatic heterocycles. The van der Waals surface area contributed by atoms with Crippen LogP contribution in [0.3, 0.4) is 0 Å². The van der Waals surface area contributed by atoms with Crippen LogP contribution in [0, 0.1) is 0 Å². The zero-order valence-electron chi connectivity index (χ0n) is 18.9. The van der Waals surface area contributed by atoms with Gasteiger partial charge in [0.1, 0.15) is 5.60 Å². The molecule has 4 rings (SSSR count). The van der Waals surface area contributed by atoms with E-state index in [0.29, 0.717) is 5.92 Å². The molecule has 0 radical (unpaired) electrons. The van der Waals surface area contributed by atoms with Crippen LogP contribution in [-0.4, -0.2) is 6.61 Å². The number of unbranched alkanes of at least 4 members (excludes halogenated alkanes) is 1. The van der Waals surface area contributed by atoms with E-state index in [4.69, 9.17) is 4.74 Å². The molecule has 0 N–H and O–H groups in total. The maximum atomic E-state index is 6.59. The topological polar surface area (TPSA) is 9.23 Å². The summed E-state index contributed by atoms with van der Waals surface area (Å²) in [6, 6.07) is 42.8. The van der Waals surface area contributed by atoms with Gasteiger partial charge in [0.05, 0.1) is 0 Å². The Balaban J connectivity index is 1.41. The summed E-state index contributed by atoms with van der Waals surface area (Å²) in [6.07, 6.45) is 3.27. The van der Waals surface area contributed by atoms with Crippen LogP contribution in [0.25, 0.3) is 0 Å². The Morgan fingerprint density at radius 3 is 1.41 bits per heavy atom. The molecule has 0 aliphatic carbocycles. The van der Waals surface area contributed by atoms with Crippen LogP contribution in [0.1, 0.15) is 54.4 Å². The number of hydrogen-bond acceptors (Lipinski definition) is 1. The normalized spacial score (nSPS) is 11.6. The highest BCUT2D eigenvalue weighted by atomic mass is 16.5. The van der Waals surface area contributed by atoms with Crippen molar-refractivity contribution in [3.8, 4) is 0 Å². The van der Waals surface area contributed by atoms with E-state index in [1.54, 1.807) is 0 Å². The zero-order valence-corrected chi connectivity index (χ0v) is 18.9. The molecule has 0 bridgehead atoms. The van der Waals surface area contributed by atoms with Crippen LogP contribution in [-0.2, 0) is 10.3 Å². The molecular weight excluding hydrogens is 388 g/mol. The van der Waals surface area contributed by atoms with Crippen LogP contribution in [0.5, 0.6) is 0 Å². The van der Waals surface area contributed by atoms with E-state index >= 15 is 0 Å². The van der Waals surface area contributed by atoms with E-state index in [0.717, 1.165) is 25.9 Å². The van der Waals surface area contributed by atoms with Crippen molar-refractivity contribution in [3.05, 3.63) is 144 Å². The highest BCUT2D eigenvalue weighted by Crippen LogP contribution is 2.34. The van der Waals surface area contributed by atoms with E-state index in [2.05, 4.69) is 128 Å². The first kappa shape index (κ1) is 22.0. The molecule has 0 saturated carbocycles. The van der Waals surface area contributed by atoms with Gasteiger partial charge in [0, 0.05) is 12.5 Å². The molecule has 162 valence electrons. The summed E-state index contributed by atoms with van der Waals surface area (Å²) in [6.45, 7) is 2.92. The minimum absolute atomic E-state index is 0.423. The Bertz CT molecular complexity index is 964. The number of ether oxygens (including phenoxy) is 1. The van der Waals surface area contributed by atoms with Gasteiger partial charge in [0.2, 0.25) is 0 Å². The molecule has 4 aromatic carbocycles. The van der Waals surface area contributed by atoms with E-state index in [9.17, 15) is 0 Å². The Morgan fingerprint density at radius 1 is 0.562 bits per heavy atom. The van der Waals surface area contributed by atoms with Crippen molar-refractivity contribution in [2.75, 3.05) is 6.61 Å². The van der Waals surface area contributed by atoms with Gasteiger partial charge in [-0.05, 0) is 42.0 Å². The maximum absolute atomic E-state index is 6.59. The second kappa shape index (κ2) is 10.9. The summed E-state index contributed by atoms with van der Waals surface area (Å²) in [4.78, 5) is 0. The number of rotatable bonds is 10. The van der Waals surface area contributed by atoms with Gasteiger partial charge >= 0.3 is 0 Å². The van der Waals surface area contributed by atoms with Crippen LogP contribution in [0.4, 0.5) is 0 Å². The molecule has 0 aliphatic heterocycles. The lowest BCUT2D eigenvalue weighted by Crippen LogP contribution is -2.28. The van der Waals surface area contributed by atoms with E-state index in [1.165, 1.54) is 22.3 Å². The summed E-state index contributed by atoms with van der Waals surface area (Å²) < 4.78 is 6.59. The lowest BCUT2D eigenvalue weighted by Gasteiger charge is -2.31. The minimum Gasteiger partial charge on any atom is -0.366 e. The zero-order chi connectivity index (χ0) is 22.1. The summed E-state index contributed by atoms with van der Waals surface area (Å²) in [7, 11) is 0. The third kappa shape index (κ3) is 5.36. The second-order valence-electron chi connectivity index (χ2n) is 8.48. The standard InChI is InChI=1S/C31H32O/c1-31(28-20-10-4-11-21-28,29-22-12-5-13-23-29)32-25-15-14-24-30(26-16-6-2-7-17-26)27-18-8-3-9-19-27/h2-13,16-23,30H,14-15,24-25H2,1H3. The number of hydrogen-bond donors (Lipinski definition) is 0. The Kier molecular flexibility index (Phi) is 7.53. The van der Waals surface area contributed by atoms with Crippen LogP contribution in [0.15, 0.2) is 121 Å². The number of benzene rings is 4. The van der Waals surface area contributed by atoms with Crippen LogP contribution in [0.2, 0.25) is 0 Å². The molecule has 0 aliphatic rings. The molecular formula is C31H32O. The van der Waals surface area contributed by atoms with Crippen molar-refractivity contribution < 1.29 is 4.74 Å². The molecule has 0 atom stereocenters. The predicted molar refractivity (Wildman–Crippen MR) is 134 cm³/mol. The van der Waals surface area contributed by atoms with Gasteiger partial charge < -0.3 is 4.74 Å². The fourth-order valence-electron chi connectivity index (χ4n) is 4.47. The third-order valence-electron chi connectivity index (χ3n) is 6.33. The molecule has 0 saturated heterocycles. The molecule has 0 amide bonds. The minimum atomic E-state index is -0.444. The first-order valence-corrected chi connectivity index (χ1v) is 11.6. The molecule has 0 fully saturated rings. The highest BCUT2D eigenvalue weighted by molar-refractivity contribution is 5.35. The predicted octanol–water partition coefficient (Wildman–Crippen LogP) is 7.97. The summed E-state index contributed by atoms with van der Waals surface area (Å²) in [5, 5.41) is 0. The first-order chi connectivity index (χ1) is 15.8. The van der Waals surface area contributed by atoms with Gasteiger partial charge in [-0.2, -0.15) is 0 Å². The smallest absolute Gasteiger partial charge is 0.115 e. The molecule has 0 unspecified atom stereocenters. The third-order valence-corrected chi connectivity index (χ3v) is 6.33. The summed E-state index contributed by atoms with van der Waals surface area (Å²) >= 11 is 0. The van der Waals surface area contributed by atoms with Crippen molar-refractivity contribution in [2.24, 2.45) is 0 Å². The lowest BCUT2D eigenvalue weighted by molar-refractivity contribution is -0.00616. The van der Waals surface area contributed by atoms with Crippen molar-refractivity contribution in [2.45, 2.75) is 37.7 Å². The van der Waals surface area contributed by atoms with Gasteiger partial charge in [0.15, 0.2) is 0 Å². The van der Waals surface area contributed by atoms with E-state index in [-0.39, 0.29) is 0 Å². The quantitative estimate of drug-likeness (QED) is 0.236. The Morgan fingerprint density at radius 2 is 0.969 bits per heavy atom. The van der Waals surface area contributed by atoms with Gasteiger partial charge in [-0.15, -0.1) is 0 Å². The molecule has 1 nitrogen and oxygen atoms in total. The average molecular weight is 421 g/mol. The molecule has 0 heterocycles. The van der Waals surface area contributed by atoms with Crippen molar-refractivity contribution >= 4 is 0 Å². The second-order valence-corrected chi connectivity index (χ2v) is 8.48. The van der Waals surface area contributed by atoms with Gasteiger partial charge in [-0.25, -0.2) is 0 Å². The Hall–Kier alpha value is -3.16. The van der Waals surface area contributed by atoms with E-state index in [1.807, 2.05) is 0 Å². The SMILES string of the molecule is CC(OCCCCC(c1ccccc1)c1ccccc1)(c1ccccc1)c1ccccc1. The average Bonchev–Trinajstić information content (AvgIpc) is 2.88. The summed E-state index contributed by atoms with van der Waals surface area (Å²) in [5.41, 5.74) is 4.71. The van der Waals surface area contributed by atoms with Crippen molar-refractivity contribution in [1.82, 2.24) is 0 Å². The monoisotopic (exact) mass is 420 g/mol. The fraction of sp³-hybridized carbons (Fsp3) is 0.226.